The van der Waals surface area contributed by atoms with Crippen LogP contribution in [0.1, 0.15) is 16.8 Å². The number of aromatic hydroxyl groups is 1. The van der Waals surface area contributed by atoms with E-state index in [0.717, 1.165) is 11.1 Å². The van der Waals surface area contributed by atoms with Gasteiger partial charge in [0.25, 0.3) is 0 Å². The van der Waals surface area contributed by atoms with Crippen LogP contribution in [0.25, 0.3) is 11.1 Å². The molecule has 1 aliphatic heterocycles. The molecule has 1 aromatic carbocycles. The van der Waals surface area contributed by atoms with Crippen molar-refractivity contribution in [2.75, 3.05) is 13.6 Å². The van der Waals surface area contributed by atoms with E-state index in [1.54, 1.807) is 42.4 Å². The van der Waals surface area contributed by atoms with Crippen LogP contribution < -0.4 is 0 Å². The summed E-state index contributed by atoms with van der Waals surface area (Å²) in [4.78, 5) is 30.2. The molecule has 1 aliphatic rings. The van der Waals surface area contributed by atoms with Gasteiger partial charge in [0.1, 0.15) is 11.7 Å². The van der Waals surface area contributed by atoms with Gasteiger partial charge in [0.2, 0.25) is 5.91 Å². The van der Waals surface area contributed by atoms with Crippen LogP contribution in [0.15, 0.2) is 42.7 Å². The van der Waals surface area contributed by atoms with Crippen molar-refractivity contribution in [2.24, 2.45) is 5.92 Å². The number of carbonyl (C=O) groups excluding carboxylic acids is 2. The topological polar surface area (TPSA) is 70.5 Å². The van der Waals surface area contributed by atoms with Gasteiger partial charge in [-0.05, 0) is 30.2 Å². The quantitative estimate of drug-likeness (QED) is 0.695. The highest BCUT2D eigenvalue weighted by Crippen LogP contribution is 2.26. The average Bonchev–Trinajstić information content (AvgIpc) is 2.86. The third-order valence-corrected chi connectivity index (χ3v) is 3.95. The summed E-state index contributed by atoms with van der Waals surface area (Å²) in [5.74, 6) is -0.773. The van der Waals surface area contributed by atoms with Crippen LogP contribution in [0.4, 0.5) is 0 Å². The molecule has 1 atom stereocenters. The minimum atomic E-state index is -0.605. The average molecular weight is 296 g/mol. The van der Waals surface area contributed by atoms with E-state index in [4.69, 9.17) is 0 Å². The Morgan fingerprint density at radius 1 is 1.27 bits per heavy atom. The van der Waals surface area contributed by atoms with Gasteiger partial charge in [-0.1, -0.05) is 12.1 Å². The standard InChI is InChI=1S/C17H16N2O3/c1-19-6-5-15(17(19)22)16(21)13-7-12(9-18-10-13)11-3-2-4-14(20)8-11/h2-4,7-10,15,20H,5-6H2,1H3. The third-order valence-electron chi connectivity index (χ3n) is 3.95. The highest BCUT2D eigenvalue weighted by Gasteiger charge is 2.35. The van der Waals surface area contributed by atoms with Crippen molar-refractivity contribution >= 4 is 11.7 Å². The van der Waals surface area contributed by atoms with Crippen LogP contribution in [0.5, 0.6) is 5.75 Å². The van der Waals surface area contributed by atoms with E-state index in [9.17, 15) is 14.7 Å². The van der Waals surface area contributed by atoms with E-state index in [1.807, 2.05) is 6.07 Å². The number of phenolic OH excluding ortho intramolecular Hbond substituents is 1. The predicted octanol–water partition coefficient (Wildman–Crippen LogP) is 2.12. The lowest BCUT2D eigenvalue weighted by molar-refractivity contribution is -0.128. The van der Waals surface area contributed by atoms with Gasteiger partial charge < -0.3 is 10.0 Å². The second kappa shape index (κ2) is 5.60. The maximum absolute atomic E-state index is 12.5. The van der Waals surface area contributed by atoms with Gasteiger partial charge in [0, 0.05) is 37.1 Å². The van der Waals surface area contributed by atoms with Crippen molar-refractivity contribution in [3.05, 3.63) is 48.3 Å². The molecule has 2 aromatic rings. The van der Waals surface area contributed by atoms with Gasteiger partial charge >= 0.3 is 0 Å². The van der Waals surface area contributed by atoms with E-state index < -0.39 is 5.92 Å². The number of likely N-dealkylation sites (tertiary alicyclic amines) is 1. The monoisotopic (exact) mass is 296 g/mol. The maximum atomic E-state index is 12.5. The summed E-state index contributed by atoms with van der Waals surface area (Å²) in [5.41, 5.74) is 1.94. The lowest BCUT2D eigenvalue weighted by atomic mass is 9.95. The fourth-order valence-corrected chi connectivity index (χ4v) is 2.68. The zero-order chi connectivity index (χ0) is 15.7. The molecule has 1 saturated heterocycles. The molecular formula is C17H16N2O3. The smallest absolute Gasteiger partial charge is 0.233 e. The molecule has 1 N–H and O–H groups in total. The van der Waals surface area contributed by atoms with Gasteiger partial charge in [0.15, 0.2) is 5.78 Å². The zero-order valence-corrected chi connectivity index (χ0v) is 12.2. The minimum absolute atomic E-state index is 0.132. The van der Waals surface area contributed by atoms with Crippen molar-refractivity contribution in [3.63, 3.8) is 0 Å². The summed E-state index contributed by atoms with van der Waals surface area (Å²) in [6.07, 6.45) is 3.67. The molecular weight excluding hydrogens is 280 g/mol. The van der Waals surface area contributed by atoms with Crippen LogP contribution in [-0.2, 0) is 4.79 Å². The molecule has 3 rings (SSSR count). The number of hydrogen-bond donors (Lipinski definition) is 1. The summed E-state index contributed by atoms with van der Waals surface area (Å²) in [7, 11) is 1.71. The van der Waals surface area contributed by atoms with Crippen LogP contribution >= 0.6 is 0 Å². The molecule has 1 fully saturated rings. The second-order valence-corrected chi connectivity index (χ2v) is 5.48. The first-order valence-corrected chi connectivity index (χ1v) is 7.10. The SMILES string of the molecule is CN1CCC(C(=O)c2cncc(-c3cccc(O)c3)c2)C1=O. The molecule has 5 nitrogen and oxygen atoms in total. The first-order valence-electron chi connectivity index (χ1n) is 7.10. The number of aromatic nitrogens is 1. The van der Waals surface area contributed by atoms with Crippen molar-refractivity contribution in [3.8, 4) is 16.9 Å². The Kier molecular flexibility index (Phi) is 3.63. The van der Waals surface area contributed by atoms with Gasteiger partial charge in [0.05, 0.1) is 0 Å². The Hall–Kier alpha value is -2.69. The molecule has 2 heterocycles. The number of benzene rings is 1. The Bertz CT molecular complexity index is 742. The number of phenols is 1. The van der Waals surface area contributed by atoms with E-state index >= 15 is 0 Å². The Labute approximate surface area is 128 Å². The van der Waals surface area contributed by atoms with E-state index in [2.05, 4.69) is 4.98 Å². The molecule has 112 valence electrons. The lowest BCUT2D eigenvalue weighted by Crippen LogP contribution is -2.27. The first-order chi connectivity index (χ1) is 10.6. The van der Waals surface area contributed by atoms with Crippen LogP contribution in [0, 0.1) is 5.92 Å². The number of ketones is 1. The molecule has 0 spiro atoms. The highest BCUT2D eigenvalue weighted by atomic mass is 16.3. The number of nitrogens with zero attached hydrogens (tertiary/aromatic N) is 2. The number of pyridine rings is 1. The Morgan fingerprint density at radius 2 is 2.09 bits per heavy atom. The number of carbonyl (C=O) groups is 2. The number of Topliss-reactive ketones (excluding diaryl/α,β-unsaturated/α-hetero) is 1. The second-order valence-electron chi connectivity index (χ2n) is 5.48. The normalized spacial score (nSPS) is 17.8. The summed E-state index contributed by atoms with van der Waals surface area (Å²) >= 11 is 0. The molecule has 0 bridgehead atoms. The van der Waals surface area contributed by atoms with E-state index in [0.29, 0.717) is 18.5 Å². The Balaban J connectivity index is 1.91. The molecule has 5 heteroatoms. The van der Waals surface area contributed by atoms with Crippen molar-refractivity contribution < 1.29 is 14.7 Å². The first kappa shape index (κ1) is 14.3. The van der Waals surface area contributed by atoms with Gasteiger partial charge in [-0.15, -0.1) is 0 Å². The summed E-state index contributed by atoms with van der Waals surface area (Å²) < 4.78 is 0. The largest absolute Gasteiger partial charge is 0.508 e. The maximum Gasteiger partial charge on any atom is 0.233 e. The van der Waals surface area contributed by atoms with Crippen molar-refractivity contribution in [2.45, 2.75) is 6.42 Å². The lowest BCUT2D eigenvalue weighted by Gasteiger charge is -2.10. The molecule has 1 amide bonds. The van der Waals surface area contributed by atoms with Crippen molar-refractivity contribution in [1.82, 2.24) is 9.88 Å². The molecule has 22 heavy (non-hydrogen) atoms. The van der Waals surface area contributed by atoms with E-state index in [1.165, 1.54) is 6.20 Å². The highest BCUT2D eigenvalue weighted by molar-refractivity contribution is 6.11. The van der Waals surface area contributed by atoms with Crippen LogP contribution in [0.2, 0.25) is 0 Å². The number of amides is 1. The van der Waals surface area contributed by atoms with Crippen LogP contribution in [-0.4, -0.2) is 40.3 Å². The van der Waals surface area contributed by atoms with E-state index in [-0.39, 0.29) is 17.4 Å². The molecule has 1 aromatic heterocycles. The summed E-state index contributed by atoms with van der Waals surface area (Å²) in [5, 5.41) is 9.55. The van der Waals surface area contributed by atoms with Gasteiger partial charge in [-0.2, -0.15) is 0 Å². The third kappa shape index (κ3) is 2.57. The fourth-order valence-electron chi connectivity index (χ4n) is 2.68. The molecule has 0 saturated carbocycles. The van der Waals surface area contributed by atoms with Gasteiger partial charge in [-0.3, -0.25) is 14.6 Å². The number of rotatable bonds is 3. The molecule has 0 radical (unpaired) electrons. The minimum Gasteiger partial charge on any atom is -0.508 e. The molecule has 1 unspecified atom stereocenters. The predicted molar refractivity (Wildman–Crippen MR) is 81.4 cm³/mol. The van der Waals surface area contributed by atoms with Gasteiger partial charge in [-0.25, -0.2) is 0 Å². The fraction of sp³-hybridized carbons (Fsp3) is 0.235. The van der Waals surface area contributed by atoms with Crippen LogP contribution in [0.3, 0.4) is 0 Å². The zero-order valence-electron chi connectivity index (χ0n) is 12.2. The summed E-state index contributed by atoms with van der Waals surface area (Å²) in [6, 6.07) is 8.47. The molecule has 0 aliphatic carbocycles. The Morgan fingerprint density at radius 3 is 2.77 bits per heavy atom. The summed E-state index contributed by atoms with van der Waals surface area (Å²) in [6.45, 7) is 0.606. The number of hydrogen-bond acceptors (Lipinski definition) is 4. The van der Waals surface area contributed by atoms with Crippen molar-refractivity contribution in [1.29, 1.82) is 0 Å².